The van der Waals surface area contributed by atoms with Crippen LogP contribution in [0, 0.1) is 18.3 Å². The van der Waals surface area contributed by atoms with Gasteiger partial charge < -0.3 is 10.1 Å². The van der Waals surface area contributed by atoms with Crippen molar-refractivity contribution in [1.82, 2.24) is 4.57 Å². The van der Waals surface area contributed by atoms with Gasteiger partial charge >= 0.3 is 0 Å². The molecule has 3 aromatic carbocycles. The van der Waals surface area contributed by atoms with Crippen LogP contribution in [0.25, 0.3) is 17.3 Å². The van der Waals surface area contributed by atoms with Crippen LogP contribution >= 0.6 is 11.3 Å². The van der Waals surface area contributed by atoms with E-state index in [0.29, 0.717) is 28.3 Å². The third-order valence-corrected chi connectivity index (χ3v) is 6.26. The largest absolute Gasteiger partial charge is 0.493 e. The zero-order valence-corrected chi connectivity index (χ0v) is 20.1. The Kier molecular flexibility index (Phi) is 7.24. The average Bonchev–Trinajstić information content (AvgIpc) is 3.17. The number of amides is 1. The predicted octanol–water partition coefficient (Wildman–Crippen LogP) is 3.75. The Labute approximate surface area is 206 Å². The molecule has 0 radical (unpaired) electrons. The van der Waals surface area contributed by atoms with Gasteiger partial charge in [0.1, 0.15) is 16.5 Å². The zero-order valence-electron chi connectivity index (χ0n) is 19.3. The lowest BCUT2D eigenvalue weighted by molar-refractivity contribution is -0.111. The first-order valence-electron chi connectivity index (χ1n) is 11.0. The number of ether oxygens (including phenoxy) is 1. The smallest absolute Gasteiger partial charge is 0.273 e. The highest BCUT2D eigenvalue weighted by Crippen LogP contribution is 2.18. The number of nitrogens with one attached hydrogen (secondary N) is 1. The number of para-hydroxylation sites is 2. The van der Waals surface area contributed by atoms with Crippen LogP contribution in [0.4, 0.5) is 5.69 Å². The summed E-state index contributed by atoms with van der Waals surface area (Å²) < 4.78 is 7.75. The summed E-state index contributed by atoms with van der Waals surface area (Å²) in [7, 11) is 0. The molecule has 4 rings (SSSR count). The van der Waals surface area contributed by atoms with E-state index in [0.717, 1.165) is 22.5 Å². The quantitative estimate of drug-likeness (QED) is 0.455. The second-order valence-electron chi connectivity index (χ2n) is 7.67. The SMILES string of the molecule is CCOc1ccccc1/C=c1/s/c(=C(/C#N)C(=O)Nc2cccc(C)c2)n(-c2ccccc2)c1=O. The monoisotopic (exact) mass is 481 g/mol. The summed E-state index contributed by atoms with van der Waals surface area (Å²) in [4.78, 5) is 26.7. The molecule has 6 nitrogen and oxygen atoms in total. The van der Waals surface area contributed by atoms with E-state index in [4.69, 9.17) is 4.74 Å². The molecule has 0 aliphatic rings. The van der Waals surface area contributed by atoms with Gasteiger partial charge in [-0.15, -0.1) is 11.3 Å². The minimum absolute atomic E-state index is 0.143. The van der Waals surface area contributed by atoms with Crippen molar-refractivity contribution in [3.8, 4) is 17.5 Å². The molecule has 0 fully saturated rings. The molecule has 7 heteroatoms. The van der Waals surface area contributed by atoms with Crippen molar-refractivity contribution in [3.63, 3.8) is 0 Å². The fraction of sp³-hybridized carbons (Fsp3) is 0.107. The minimum atomic E-state index is -0.578. The fourth-order valence-corrected chi connectivity index (χ4v) is 4.69. The van der Waals surface area contributed by atoms with E-state index in [1.165, 1.54) is 4.57 Å². The molecule has 0 aliphatic carbocycles. The van der Waals surface area contributed by atoms with Gasteiger partial charge in [-0.3, -0.25) is 14.2 Å². The van der Waals surface area contributed by atoms with E-state index in [1.807, 2.05) is 68.4 Å². The second kappa shape index (κ2) is 10.7. The first-order valence-corrected chi connectivity index (χ1v) is 11.9. The topological polar surface area (TPSA) is 84.1 Å². The van der Waals surface area contributed by atoms with E-state index in [-0.39, 0.29) is 15.8 Å². The molecule has 0 unspecified atom stereocenters. The number of benzene rings is 3. The Balaban J connectivity index is 1.96. The predicted molar refractivity (Wildman–Crippen MR) is 139 cm³/mol. The molecule has 174 valence electrons. The van der Waals surface area contributed by atoms with E-state index < -0.39 is 5.91 Å². The van der Waals surface area contributed by atoms with Gasteiger partial charge in [0.15, 0.2) is 5.57 Å². The second-order valence-corrected chi connectivity index (χ2v) is 8.70. The molecule has 4 aromatic rings. The van der Waals surface area contributed by atoms with Crippen LogP contribution in [0.1, 0.15) is 18.1 Å². The van der Waals surface area contributed by atoms with Crippen LogP contribution in [0.3, 0.4) is 0 Å². The Morgan fingerprint density at radius 2 is 1.83 bits per heavy atom. The molecular weight excluding hydrogens is 458 g/mol. The van der Waals surface area contributed by atoms with Crippen molar-refractivity contribution in [2.75, 3.05) is 11.9 Å². The number of aromatic nitrogens is 1. The van der Waals surface area contributed by atoms with E-state index in [1.54, 1.807) is 36.4 Å². The number of carbonyl (C=O) groups excluding carboxylic acids is 1. The number of aryl methyl sites for hydroxylation is 1. The van der Waals surface area contributed by atoms with Crippen LogP contribution in [0.15, 0.2) is 83.7 Å². The van der Waals surface area contributed by atoms with Crippen LogP contribution in [-0.2, 0) is 4.79 Å². The molecule has 1 N–H and O–H groups in total. The average molecular weight is 482 g/mol. The molecule has 0 atom stereocenters. The molecule has 1 aromatic heterocycles. The summed E-state index contributed by atoms with van der Waals surface area (Å²) in [6.07, 6.45) is 1.73. The summed E-state index contributed by atoms with van der Waals surface area (Å²) >= 11 is 1.10. The number of thiazole rings is 1. The van der Waals surface area contributed by atoms with Crippen molar-refractivity contribution in [2.24, 2.45) is 0 Å². The van der Waals surface area contributed by atoms with Crippen LogP contribution in [-0.4, -0.2) is 17.1 Å². The van der Waals surface area contributed by atoms with Crippen molar-refractivity contribution >= 4 is 34.6 Å². The van der Waals surface area contributed by atoms with Gasteiger partial charge in [-0.25, -0.2) is 0 Å². The van der Waals surface area contributed by atoms with E-state index in [2.05, 4.69) is 5.32 Å². The molecule has 1 amide bonds. The molecule has 0 aliphatic heterocycles. The molecule has 0 saturated carbocycles. The van der Waals surface area contributed by atoms with Gasteiger partial charge in [-0.2, -0.15) is 5.26 Å². The number of anilines is 1. The van der Waals surface area contributed by atoms with Crippen LogP contribution in [0.2, 0.25) is 0 Å². The normalized spacial score (nSPS) is 12.1. The lowest BCUT2D eigenvalue weighted by atomic mass is 10.2. The Hall–Kier alpha value is -4.41. The molecule has 35 heavy (non-hydrogen) atoms. The minimum Gasteiger partial charge on any atom is -0.493 e. The van der Waals surface area contributed by atoms with E-state index >= 15 is 0 Å². The number of nitriles is 1. The lowest BCUT2D eigenvalue weighted by Crippen LogP contribution is -2.32. The molecule has 0 saturated heterocycles. The summed E-state index contributed by atoms with van der Waals surface area (Å²) in [5, 5.41) is 12.7. The highest BCUT2D eigenvalue weighted by Gasteiger charge is 2.17. The first-order chi connectivity index (χ1) is 17.0. The van der Waals surface area contributed by atoms with Crippen LogP contribution < -0.4 is 24.8 Å². The molecular formula is C28H23N3O3S. The number of hydrogen-bond donors (Lipinski definition) is 1. The molecule has 0 bridgehead atoms. The van der Waals surface area contributed by atoms with Gasteiger partial charge in [0.2, 0.25) is 0 Å². The lowest BCUT2D eigenvalue weighted by Gasteiger charge is -2.06. The standard InChI is InChI=1S/C28H23N3O3S/c1-3-34-24-15-8-7-11-20(24)17-25-27(33)31(22-13-5-4-6-14-22)28(35-25)23(18-29)26(32)30-21-12-9-10-19(2)16-21/h4-17H,3H2,1-2H3,(H,30,32)/b25-17+,28-23-. The maximum atomic E-state index is 13.6. The number of nitrogens with zero attached hydrogens (tertiary/aromatic N) is 2. The van der Waals surface area contributed by atoms with Gasteiger partial charge in [-0.05, 0) is 55.8 Å². The Bertz CT molecular complexity index is 1590. The summed E-state index contributed by atoms with van der Waals surface area (Å²) in [5.41, 5.74) is 2.39. The van der Waals surface area contributed by atoms with Gasteiger partial charge in [0, 0.05) is 11.3 Å². The first kappa shape index (κ1) is 23.7. The summed E-state index contributed by atoms with van der Waals surface area (Å²) in [5.74, 6) is 0.0718. The maximum Gasteiger partial charge on any atom is 0.273 e. The van der Waals surface area contributed by atoms with Gasteiger partial charge in [-0.1, -0.05) is 48.5 Å². The number of carbonyl (C=O) groups is 1. The number of rotatable bonds is 6. The number of hydrogen-bond acceptors (Lipinski definition) is 5. The van der Waals surface area contributed by atoms with Crippen molar-refractivity contribution in [2.45, 2.75) is 13.8 Å². The third-order valence-electron chi connectivity index (χ3n) is 5.17. The maximum absolute atomic E-state index is 13.6. The van der Waals surface area contributed by atoms with Gasteiger partial charge in [0.05, 0.1) is 16.8 Å². The Morgan fingerprint density at radius 3 is 2.54 bits per heavy atom. The third kappa shape index (κ3) is 5.24. The van der Waals surface area contributed by atoms with Crippen molar-refractivity contribution in [3.05, 3.63) is 110 Å². The van der Waals surface area contributed by atoms with Crippen molar-refractivity contribution in [1.29, 1.82) is 5.26 Å². The summed E-state index contributed by atoms with van der Waals surface area (Å²) in [6.45, 7) is 4.29. The molecule has 0 spiro atoms. The zero-order chi connectivity index (χ0) is 24.8. The summed E-state index contributed by atoms with van der Waals surface area (Å²) in [6, 6.07) is 25.7. The Morgan fingerprint density at radius 1 is 1.09 bits per heavy atom. The van der Waals surface area contributed by atoms with E-state index in [9.17, 15) is 14.9 Å². The van der Waals surface area contributed by atoms with Gasteiger partial charge in [0.25, 0.3) is 11.5 Å². The van der Waals surface area contributed by atoms with Crippen molar-refractivity contribution < 1.29 is 9.53 Å². The highest BCUT2D eigenvalue weighted by molar-refractivity contribution is 7.07. The molecule has 1 heterocycles. The highest BCUT2D eigenvalue weighted by atomic mass is 32.1. The fourth-order valence-electron chi connectivity index (χ4n) is 3.60. The van der Waals surface area contributed by atoms with Crippen LogP contribution in [0.5, 0.6) is 5.75 Å².